The summed E-state index contributed by atoms with van der Waals surface area (Å²) in [5, 5.41) is 0. The molecule has 0 bridgehead atoms. The van der Waals surface area contributed by atoms with Gasteiger partial charge in [0.2, 0.25) is 0 Å². The van der Waals surface area contributed by atoms with Gasteiger partial charge in [-0.1, -0.05) is 42.5 Å². The Balaban J connectivity index is 0.00000324. The van der Waals surface area contributed by atoms with Crippen molar-refractivity contribution in [3.8, 4) is 0 Å². The van der Waals surface area contributed by atoms with Gasteiger partial charge >= 0.3 is 29.6 Å². The maximum Gasteiger partial charge on any atom is 1.00 e. The summed E-state index contributed by atoms with van der Waals surface area (Å²) >= 11 is 8.14. The molecule has 0 aliphatic rings. The Morgan fingerprint density at radius 2 is 1.84 bits per heavy atom. The third-order valence-electron chi connectivity index (χ3n) is 1.96. The first-order valence-corrected chi connectivity index (χ1v) is 9.20. The van der Waals surface area contributed by atoms with E-state index in [4.69, 9.17) is 12.2 Å². The first-order valence-electron chi connectivity index (χ1n) is 5.24. The summed E-state index contributed by atoms with van der Waals surface area (Å²) in [5.74, 6) is 1.07. The van der Waals surface area contributed by atoms with Crippen molar-refractivity contribution in [3.63, 3.8) is 0 Å². The Kier molecular flexibility index (Phi) is 11.1. The zero-order chi connectivity index (χ0) is 13.4. The van der Waals surface area contributed by atoms with E-state index in [1.165, 1.54) is 17.3 Å². The Labute approximate surface area is 150 Å². The van der Waals surface area contributed by atoms with Gasteiger partial charge in [-0.25, -0.2) is 8.42 Å². The van der Waals surface area contributed by atoms with Crippen LogP contribution in [0.5, 0.6) is 0 Å². The Bertz CT molecular complexity index is 476. The molecule has 0 saturated heterocycles. The van der Waals surface area contributed by atoms with Crippen molar-refractivity contribution in [3.05, 3.63) is 35.9 Å². The molecule has 8 heteroatoms. The smallest absolute Gasteiger partial charge is 0.748 e. The average Bonchev–Trinajstić information content (AvgIpc) is 2.32. The standard InChI is InChI=1S/C11H14O3S4.Na/c12-18(13,14)8-4-7-16-11(15)17-9-10-5-2-1-3-6-10;/h1-3,5-6H,4,7-9H2,(H,12,13,14);/q;+1/p-1. The Morgan fingerprint density at radius 1 is 1.21 bits per heavy atom. The minimum atomic E-state index is -4.09. The molecule has 0 saturated carbocycles. The number of thioether (sulfide) groups is 2. The fraction of sp³-hybridized carbons (Fsp3) is 0.364. The van der Waals surface area contributed by atoms with Gasteiger partial charge < -0.3 is 4.55 Å². The molecule has 0 heterocycles. The molecule has 1 aromatic carbocycles. The van der Waals surface area contributed by atoms with Crippen molar-refractivity contribution < 1.29 is 42.5 Å². The molecule has 0 amide bonds. The molecule has 0 aliphatic carbocycles. The topological polar surface area (TPSA) is 57.2 Å². The largest absolute Gasteiger partial charge is 1.00 e. The van der Waals surface area contributed by atoms with Crippen LogP contribution < -0.4 is 29.6 Å². The summed E-state index contributed by atoms with van der Waals surface area (Å²) in [6.45, 7) is 0. The van der Waals surface area contributed by atoms with E-state index in [9.17, 15) is 13.0 Å². The van der Waals surface area contributed by atoms with Crippen molar-refractivity contribution in [1.29, 1.82) is 0 Å². The van der Waals surface area contributed by atoms with Gasteiger partial charge in [-0.2, -0.15) is 0 Å². The summed E-state index contributed by atoms with van der Waals surface area (Å²) in [6, 6.07) is 9.98. The predicted octanol–water partition coefficient (Wildman–Crippen LogP) is -0.123. The van der Waals surface area contributed by atoms with E-state index >= 15 is 0 Å². The van der Waals surface area contributed by atoms with Crippen LogP contribution in [-0.2, 0) is 15.9 Å². The summed E-state index contributed by atoms with van der Waals surface area (Å²) < 4.78 is 31.9. The SMILES string of the molecule is O=S(=O)([O-])CCCSC(=S)SCc1ccccc1.[Na+]. The molecule has 1 rings (SSSR count). The number of hydrogen-bond acceptors (Lipinski definition) is 6. The van der Waals surface area contributed by atoms with Crippen LogP contribution in [0.1, 0.15) is 12.0 Å². The fourth-order valence-corrected chi connectivity index (χ4v) is 3.95. The molecule has 100 valence electrons. The van der Waals surface area contributed by atoms with Crippen molar-refractivity contribution in [2.45, 2.75) is 12.2 Å². The van der Waals surface area contributed by atoms with Crippen molar-refractivity contribution >= 4 is 49.4 Å². The molecule has 0 spiro atoms. The third-order valence-corrected chi connectivity index (χ3v) is 5.60. The molecular weight excluding hydrogens is 331 g/mol. The Hall–Kier alpha value is 0.920. The summed E-state index contributed by atoms with van der Waals surface area (Å²) in [7, 11) is -4.09. The predicted molar refractivity (Wildman–Crippen MR) is 82.0 cm³/mol. The van der Waals surface area contributed by atoms with Crippen LogP contribution in [0.15, 0.2) is 30.3 Å². The van der Waals surface area contributed by atoms with Gasteiger partial charge in [0.15, 0.2) is 0 Å². The molecule has 3 nitrogen and oxygen atoms in total. The zero-order valence-corrected chi connectivity index (χ0v) is 15.8. The van der Waals surface area contributed by atoms with Crippen LogP contribution in [-0.4, -0.2) is 28.0 Å². The summed E-state index contributed by atoms with van der Waals surface area (Å²) in [4.78, 5) is 0. The molecule has 0 fully saturated rings. The molecule has 0 unspecified atom stereocenters. The van der Waals surface area contributed by atoms with Crippen LogP contribution in [0.25, 0.3) is 0 Å². The van der Waals surface area contributed by atoms with E-state index in [1.54, 1.807) is 11.8 Å². The Morgan fingerprint density at radius 3 is 2.42 bits per heavy atom. The summed E-state index contributed by atoms with van der Waals surface area (Å²) in [5.41, 5.74) is 1.20. The second kappa shape index (κ2) is 10.6. The first-order chi connectivity index (χ1) is 8.47. The molecule has 0 N–H and O–H groups in total. The minimum absolute atomic E-state index is 0. The van der Waals surface area contributed by atoms with Crippen molar-refractivity contribution in [2.24, 2.45) is 0 Å². The summed E-state index contributed by atoms with van der Waals surface area (Å²) in [6.07, 6.45) is 0.350. The van der Waals surface area contributed by atoms with E-state index < -0.39 is 10.1 Å². The normalized spacial score (nSPS) is 10.8. The molecule has 1 aromatic rings. The number of benzene rings is 1. The van der Waals surface area contributed by atoms with Crippen molar-refractivity contribution in [1.82, 2.24) is 0 Å². The molecule has 0 aliphatic heterocycles. The maximum atomic E-state index is 10.4. The van der Waals surface area contributed by atoms with Gasteiger partial charge in [0, 0.05) is 17.3 Å². The van der Waals surface area contributed by atoms with Gasteiger partial charge in [0.1, 0.15) is 3.53 Å². The molecule has 0 atom stereocenters. The van der Waals surface area contributed by atoms with Crippen molar-refractivity contribution in [2.75, 3.05) is 11.5 Å². The zero-order valence-electron chi connectivity index (χ0n) is 10.6. The van der Waals surface area contributed by atoms with Crippen LogP contribution in [0.4, 0.5) is 0 Å². The van der Waals surface area contributed by atoms with E-state index in [0.717, 1.165) is 9.28 Å². The van der Waals surface area contributed by atoms with E-state index in [2.05, 4.69) is 0 Å². The molecule has 19 heavy (non-hydrogen) atoms. The first kappa shape index (κ1) is 19.9. The second-order valence-corrected chi connectivity index (χ2v) is 8.29. The van der Waals surface area contributed by atoms with E-state index in [0.29, 0.717) is 12.2 Å². The molecular formula is C11H13NaO3S4. The van der Waals surface area contributed by atoms with Crippen LogP contribution in [0.3, 0.4) is 0 Å². The quantitative estimate of drug-likeness (QED) is 0.310. The van der Waals surface area contributed by atoms with Gasteiger partial charge in [0.25, 0.3) is 0 Å². The minimum Gasteiger partial charge on any atom is -0.748 e. The van der Waals surface area contributed by atoms with E-state index in [-0.39, 0.29) is 35.3 Å². The van der Waals surface area contributed by atoms with Crippen LogP contribution >= 0.6 is 35.7 Å². The number of thiocarbonyl (C=S) groups is 1. The number of hydrogen-bond donors (Lipinski definition) is 0. The average molecular weight is 344 g/mol. The molecule has 0 radical (unpaired) electrons. The van der Waals surface area contributed by atoms with Crippen LogP contribution in [0.2, 0.25) is 0 Å². The van der Waals surface area contributed by atoms with E-state index in [1.807, 2.05) is 30.3 Å². The number of rotatable bonds is 6. The maximum absolute atomic E-state index is 10.4. The third kappa shape index (κ3) is 11.3. The van der Waals surface area contributed by atoms with Gasteiger partial charge in [-0.3, -0.25) is 0 Å². The van der Waals surface area contributed by atoms with Crippen LogP contribution in [0, 0.1) is 0 Å². The van der Waals surface area contributed by atoms with Gasteiger partial charge in [-0.15, -0.1) is 23.5 Å². The second-order valence-electron chi connectivity index (χ2n) is 3.49. The monoisotopic (exact) mass is 344 g/mol. The van der Waals surface area contributed by atoms with Gasteiger partial charge in [0.05, 0.1) is 10.1 Å². The van der Waals surface area contributed by atoms with Gasteiger partial charge in [-0.05, 0) is 12.0 Å². The molecule has 0 aromatic heterocycles. The fourth-order valence-electron chi connectivity index (χ4n) is 1.15.